The van der Waals surface area contributed by atoms with Crippen molar-refractivity contribution in [3.05, 3.63) is 34.4 Å². The van der Waals surface area contributed by atoms with E-state index in [1.54, 1.807) is 6.07 Å². The zero-order valence-corrected chi connectivity index (χ0v) is 11.2. The van der Waals surface area contributed by atoms with Crippen LogP contribution in [-0.4, -0.2) is 56.0 Å². The molecule has 0 amide bonds. The summed E-state index contributed by atoms with van der Waals surface area (Å²) in [4.78, 5) is 10.2. The van der Waals surface area contributed by atoms with Gasteiger partial charge in [-0.15, -0.1) is 0 Å². The number of aliphatic hydroxyl groups excluding tert-OH is 4. The van der Waals surface area contributed by atoms with Gasteiger partial charge in [0.1, 0.15) is 24.0 Å². The molecule has 0 fully saturated rings. The number of hydrazone groups is 1. The Bertz CT molecular complexity index is 508. The SMILES string of the molecule is C[C@H](O)[C@H](O)[C@H](O)[C@H](O)/C=N\Nc1ccccc1[N+](=O)[O-]. The second kappa shape index (κ2) is 7.64. The quantitative estimate of drug-likeness (QED) is 0.258. The molecule has 0 unspecified atom stereocenters. The monoisotopic (exact) mass is 299 g/mol. The first kappa shape index (κ1) is 17.0. The molecule has 5 N–H and O–H groups in total. The number of hydrogen-bond acceptors (Lipinski definition) is 8. The van der Waals surface area contributed by atoms with Gasteiger partial charge in [0.25, 0.3) is 5.69 Å². The highest BCUT2D eigenvalue weighted by atomic mass is 16.6. The predicted octanol–water partition coefficient (Wildman–Crippen LogP) is -0.544. The minimum atomic E-state index is -1.64. The van der Waals surface area contributed by atoms with E-state index >= 15 is 0 Å². The molecule has 1 aromatic rings. The fourth-order valence-electron chi connectivity index (χ4n) is 1.49. The van der Waals surface area contributed by atoms with E-state index in [2.05, 4.69) is 10.5 Å². The number of nitro benzene ring substituents is 1. The molecule has 0 aromatic heterocycles. The molecule has 0 spiro atoms. The van der Waals surface area contributed by atoms with Crippen LogP contribution < -0.4 is 5.43 Å². The van der Waals surface area contributed by atoms with E-state index < -0.39 is 29.3 Å². The molecule has 1 aromatic carbocycles. The number of hydrogen-bond donors (Lipinski definition) is 5. The standard InChI is InChI=1S/C12H17N3O6/c1-7(16)11(18)12(19)10(17)6-13-14-8-4-2-3-5-9(8)15(20)21/h2-7,10-12,14,16-19H,1H3/b13-6-/t7-,10+,11-,12+/m0/s1. The molecule has 4 atom stereocenters. The Morgan fingerprint density at radius 2 is 1.86 bits per heavy atom. The van der Waals surface area contributed by atoms with Crippen LogP contribution in [0.4, 0.5) is 11.4 Å². The summed E-state index contributed by atoms with van der Waals surface area (Å²) >= 11 is 0. The number of benzene rings is 1. The van der Waals surface area contributed by atoms with E-state index in [9.17, 15) is 25.4 Å². The van der Waals surface area contributed by atoms with Crippen molar-refractivity contribution in [1.29, 1.82) is 0 Å². The molecule has 0 heterocycles. The first-order chi connectivity index (χ1) is 9.84. The van der Waals surface area contributed by atoms with Crippen LogP contribution in [0.5, 0.6) is 0 Å². The van der Waals surface area contributed by atoms with Gasteiger partial charge in [0, 0.05) is 6.07 Å². The Labute approximate surface area is 120 Å². The van der Waals surface area contributed by atoms with Gasteiger partial charge in [-0.3, -0.25) is 15.5 Å². The summed E-state index contributed by atoms with van der Waals surface area (Å²) in [7, 11) is 0. The van der Waals surface area contributed by atoms with Gasteiger partial charge in [-0.2, -0.15) is 5.10 Å². The average molecular weight is 299 g/mol. The van der Waals surface area contributed by atoms with E-state index in [4.69, 9.17) is 5.11 Å². The number of nitrogens with zero attached hydrogens (tertiary/aromatic N) is 2. The minimum Gasteiger partial charge on any atom is -0.391 e. The normalized spacial score (nSPS) is 17.2. The van der Waals surface area contributed by atoms with E-state index in [1.807, 2.05) is 0 Å². The van der Waals surface area contributed by atoms with Crippen molar-refractivity contribution < 1.29 is 25.3 Å². The average Bonchev–Trinajstić information content (AvgIpc) is 2.45. The Hall–Kier alpha value is -2.07. The number of nitrogens with one attached hydrogen (secondary N) is 1. The zero-order valence-electron chi connectivity index (χ0n) is 11.2. The van der Waals surface area contributed by atoms with Crippen molar-refractivity contribution in [2.75, 3.05) is 5.43 Å². The fourth-order valence-corrected chi connectivity index (χ4v) is 1.49. The molecule has 0 saturated heterocycles. The molecule has 116 valence electrons. The topological polar surface area (TPSA) is 148 Å². The first-order valence-electron chi connectivity index (χ1n) is 6.09. The lowest BCUT2D eigenvalue weighted by atomic mass is 10.1. The molecule has 0 aliphatic rings. The van der Waals surface area contributed by atoms with Crippen molar-refractivity contribution in [3.8, 4) is 0 Å². The number of nitro groups is 1. The van der Waals surface area contributed by atoms with Crippen LogP contribution in [0.25, 0.3) is 0 Å². The van der Waals surface area contributed by atoms with Gasteiger partial charge in [-0.1, -0.05) is 12.1 Å². The second-order valence-electron chi connectivity index (χ2n) is 4.38. The van der Waals surface area contributed by atoms with Gasteiger partial charge in [-0.05, 0) is 13.0 Å². The van der Waals surface area contributed by atoms with Gasteiger partial charge in [0.15, 0.2) is 0 Å². The molecule has 9 heteroatoms. The van der Waals surface area contributed by atoms with E-state index in [-0.39, 0.29) is 11.4 Å². The third-order valence-corrected chi connectivity index (χ3v) is 2.71. The molecule has 0 radical (unpaired) electrons. The van der Waals surface area contributed by atoms with Gasteiger partial charge in [0.05, 0.1) is 17.2 Å². The highest BCUT2D eigenvalue weighted by Gasteiger charge is 2.27. The highest BCUT2D eigenvalue weighted by molar-refractivity contribution is 5.67. The Morgan fingerprint density at radius 3 is 2.43 bits per heavy atom. The molecular formula is C12H17N3O6. The number of anilines is 1. The van der Waals surface area contributed by atoms with Gasteiger partial charge >= 0.3 is 0 Å². The third-order valence-electron chi connectivity index (χ3n) is 2.71. The molecule has 21 heavy (non-hydrogen) atoms. The predicted molar refractivity (Wildman–Crippen MR) is 74.9 cm³/mol. The lowest BCUT2D eigenvalue weighted by Gasteiger charge is -2.22. The lowest BCUT2D eigenvalue weighted by molar-refractivity contribution is -0.384. The molecule has 0 bridgehead atoms. The maximum atomic E-state index is 10.8. The molecule has 1 rings (SSSR count). The van der Waals surface area contributed by atoms with Crippen LogP contribution in [0.1, 0.15) is 6.92 Å². The third kappa shape index (κ3) is 4.76. The summed E-state index contributed by atoms with van der Waals surface area (Å²) in [6, 6.07) is 5.75. The number of rotatable bonds is 7. The van der Waals surface area contributed by atoms with E-state index in [0.29, 0.717) is 0 Å². The highest BCUT2D eigenvalue weighted by Crippen LogP contribution is 2.22. The Balaban J connectivity index is 2.69. The van der Waals surface area contributed by atoms with Crippen molar-refractivity contribution in [3.63, 3.8) is 0 Å². The van der Waals surface area contributed by atoms with Crippen molar-refractivity contribution >= 4 is 17.6 Å². The fraction of sp³-hybridized carbons (Fsp3) is 0.417. The first-order valence-corrected chi connectivity index (χ1v) is 6.09. The largest absolute Gasteiger partial charge is 0.391 e. The van der Waals surface area contributed by atoms with Crippen molar-refractivity contribution in [2.45, 2.75) is 31.3 Å². The van der Waals surface area contributed by atoms with Crippen molar-refractivity contribution in [2.24, 2.45) is 5.10 Å². The molecule has 9 nitrogen and oxygen atoms in total. The zero-order chi connectivity index (χ0) is 16.0. The van der Waals surface area contributed by atoms with Gasteiger partial charge in [-0.25, -0.2) is 0 Å². The molecule has 0 aliphatic heterocycles. The maximum Gasteiger partial charge on any atom is 0.294 e. The van der Waals surface area contributed by atoms with Crippen LogP contribution in [-0.2, 0) is 0 Å². The van der Waals surface area contributed by atoms with Crippen LogP contribution in [0.15, 0.2) is 29.4 Å². The summed E-state index contributed by atoms with van der Waals surface area (Å²) in [6.45, 7) is 1.25. The summed E-state index contributed by atoms with van der Waals surface area (Å²) in [5, 5.41) is 51.8. The van der Waals surface area contributed by atoms with Crippen LogP contribution in [0.3, 0.4) is 0 Å². The molecular weight excluding hydrogens is 282 g/mol. The summed E-state index contributed by atoms with van der Waals surface area (Å²) in [5.41, 5.74) is 2.27. The maximum absolute atomic E-state index is 10.8. The van der Waals surface area contributed by atoms with Gasteiger partial charge in [0.2, 0.25) is 0 Å². The molecule has 0 saturated carbocycles. The van der Waals surface area contributed by atoms with Gasteiger partial charge < -0.3 is 20.4 Å². The van der Waals surface area contributed by atoms with E-state index in [1.165, 1.54) is 25.1 Å². The lowest BCUT2D eigenvalue weighted by Crippen LogP contribution is -2.44. The number of aliphatic hydroxyl groups is 4. The van der Waals surface area contributed by atoms with Crippen LogP contribution >= 0.6 is 0 Å². The van der Waals surface area contributed by atoms with Crippen LogP contribution in [0, 0.1) is 10.1 Å². The summed E-state index contributed by atoms with van der Waals surface area (Å²) in [5.74, 6) is 0. The second-order valence-corrected chi connectivity index (χ2v) is 4.38. The van der Waals surface area contributed by atoms with Crippen molar-refractivity contribution in [1.82, 2.24) is 0 Å². The Morgan fingerprint density at radius 1 is 1.24 bits per heavy atom. The minimum absolute atomic E-state index is 0.108. The summed E-state index contributed by atoms with van der Waals surface area (Å²) < 4.78 is 0. The number of para-hydroxylation sites is 2. The smallest absolute Gasteiger partial charge is 0.294 e. The molecule has 0 aliphatic carbocycles. The van der Waals surface area contributed by atoms with Crippen LogP contribution in [0.2, 0.25) is 0 Å². The van der Waals surface area contributed by atoms with E-state index in [0.717, 1.165) is 6.21 Å². The Kier molecular flexibility index (Phi) is 6.18. The summed E-state index contributed by atoms with van der Waals surface area (Å²) in [6.07, 6.45) is -5.09.